The highest BCUT2D eigenvalue weighted by Gasteiger charge is 2.60. The Bertz CT molecular complexity index is 773. The van der Waals surface area contributed by atoms with E-state index in [0.717, 1.165) is 18.4 Å². The van der Waals surface area contributed by atoms with Crippen molar-refractivity contribution in [3.8, 4) is 0 Å². The zero-order valence-corrected chi connectivity index (χ0v) is 19.0. The Balaban J connectivity index is 1.93. The molecule has 1 aromatic rings. The Morgan fingerprint density at radius 3 is 2.41 bits per heavy atom. The third-order valence-electron chi connectivity index (χ3n) is 6.35. The van der Waals surface area contributed by atoms with E-state index in [4.69, 9.17) is 16.0 Å². The largest absolute Gasteiger partial charge is 0.414 e. The van der Waals surface area contributed by atoms with Gasteiger partial charge < -0.3 is 9.74 Å². The van der Waals surface area contributed by atoms with E-state index >= 15 is 0 Å². The van der Waals surface area contributed by atoms with E-state index in [-0.39, 0.29) is 35.0 Å². The van der Waals surface area contributed by atoms with Crippen molar-refractivity contribution < 1.29 is 14.0 Å². The molecular weight excluding hydrogens is 378 g/mol. The summed E-state index contributed by atoms with van der Waals surface area (Å²) in [5.41, 5.74) is 0.932. The van der Waals surface area contributed by atoms with E-state index < -0.39 is 14.6 Å². The van der Waals surface area contributed by atoms with Gasteiger partial charge in [0.25, 0.3) is 0 Å². The van der Waals surface area contributed by atoms with Crippen LogP contribution in [0.3, 0.4) is 0 Å². The first-order valence-electron chi connectivity index (χ1n) is 9.76. The van der Waals surface area contributed by atoms with Gasteiger partial charge in [0.2, 0.25) is 5.91 Å². The van der Waals surface area contributed by atoms with Crippen LogP contribution in [-0.4, -0.2) is 32.4 Å². The van der Waals surface area contributed by atoms with Crippen LogP contribution in [0.15, 0.2) is 18.2 Å². The predicted octanol–water partition coefficient (Wildman–Crippen LogP) is 4.00. The number of nitrogens with one attached hydrogen (secondary N) is 1. The molecule has 2 aliphatic rings. The van der Waals surface area contributed by atoms with Crippen LogP contribution in [0.2, 0.25) is 18.1 Å². The van der Waals surface area contributed by atoms with Crippen LogP contribution < -0.4 is 5.32 Å². The van der Waals surface area contributed by atoms with Gasteiger partial charge in [-0.05, 0) is 56.0 Å². The topological polar surface area (TPSA) is 55.4 Å². The molecule has 1 amide bonds. The second-order valence-electron chi connectivity index (χ2n) is 9.35. The maximum absolute atomic E-state index is 13.2. The van der Waals surface area contributed by atoms with Crippen molar-refractivity contribution in [3.05, 3.63) is 34.3 Å². The number of ketones is 1. The minimum atomic E-state index is -1.39. The van der Waals surface area contributed by atoms with Gasteiger partial charge in [0.15, 0.2) is 14.8 Å². The smallest absolute Gasteiger partial charge is 0.228 e. The Morgan fingerprint density at radius 2 is 1.85 bits per heavy atom. The van der Waals surface area contributed by atoms with Gasteiger partial charge in [-0.1, -0.05) is 38.4 Å². The first kappa shape index (κ1) is 20.6. The molecule has 6 heteroatoms. The Morgan fingerprint density at radius 1 is 1.19 bits per heavy atom. The zero-order chi connectivity index (χ0) is 20.1. The molecule has 0 aromatic heterocycles. The molecule has 148 valence electrons. The lowest BCUT2D eigenvalue weighted by atomic mass is 9.60. The summed E-state index contributed by atoms with van der Waals surface area (Å²) in [6.45, 7) is 12.6. The number of aryl methyl sites for hydroxylation is 1. The summed E-state index contributed by atoms with van der Waals surface area (Å²) in [5.74, 6) is -0.455. The van der Waals surface area contributed by atoms with Crippen molar-refractivity contribution in [1.29, 1.82) is 0 Å². The van der Waals surface area contributed by atoms with E-state index in [1.807, 2.05) is 12.1 Å². The third kappa shape index (κ3) is 3.50. The fourth-order valence-electron chi connectivity index (χ4n) is 4.52. The maximum Gasteiger partial charge on any atom is 0.228 e. The number of fused-ring (bicyclic) bond motifs is 1. The lowest BCUT2D eigenvalue weighted by Gasteiger charge is -2.56. The lowest BCUT2D eigenvalue weighted by Crippen LogP contribution is -2.73. The lowest BCUT2D eigenvalue weighted by molar-refractivity contribution is -0.161. The summed E-state index contributed by atoms with van der Waals surface area (Å²) in [7, 11) is -1.39. The van der Waals surface area contributed by atoms with Gasteiger partial charge in [0.1, 0.15) is 0 Å². The maximum atomic E-state index is 13.2. The number of hydrogen-bond acceptors (Lipinski definition) is 3. The van der Waals surface area contributed by atoms with Gasteiger partial charge in [-0.25, -0.2) is 0 Å². The van der Waals surface area contributed by atoms with Gasteiger partial charge in [-0.15, -0.1) is 0 Å². The number of Topliss-reactive ketones (excluding diaryl/α,β-unsaturated/α-hetero) is 1. The molecule has 1 fully saturated rings. The summed E-state index contributed by atoms with van der Waals surface area (Å²) in [5, 5.41) is 3.61. The van der Waals surface area contributed by atoms with Gasteiger partial charge in [0, 0.05) is 16.5 Å². The van der Waals surface area contributed by atoms with Crippen LogP contribution in [0.25, 0.3) is 0 Å². The number of rotatable bonds is 4. The Hall–Kier alpha value is -1.17. The Kier molecular flexibility index (Phi) is 5.34. The number of carbonyl (C=O) groups is 2. The summed E-state index contributed by atoms with van der Waals surface area (Å²) in [4.78, 5) is 25.9. The van der Waals surface area contributed by atoms with E-state index in [2.05, 4.69) is 46.1 Å². The molecule has 1 saturated heterocycles. The van der Waals surface area contributed by atoms with Crippen LogP contribution >= 0.6 is 11.6 Å². The van der Waals surface area contributed by atoms with Crippen LogP contribution in [0.1, 0.15) is 50.0 Å². The summed E-state index contributed by atoms with van der Waals surface area (Å²) in [6.07, 6.45) is 1.57. The standard InChI is InChI=1S/C21H30ClNO3Si/c1-20(2,3)21(4,26-27(5)6)16-17(23-19(16)25)14-10-8-12-7-9-13(22)11-15(12)18(14)24/h7,9,11,14,16-17,27H,8,10H2,1-6H3,(H,23,25)/t14-,16+,17+,21+/m0/s1. The van der Waals surface area contributed by atoms with Crippen molar-refractivity contribution in [2.24, 2.45) is 17.3 Å². The fraction of sp³-hybridized carbons (Fsp3) is 0.619. The summed E-state index contributed by atoms with van der Waals surface area (Å²) in [6, 6.07) is 5.35. The van der Waals surface area contributed by atoms with Gasteiger partial charge in [0.05, 0.1) is 17.6 Å². The van der Waals surface area contributed by atoms with E-state index in [0.29, 0.717) is 10.6 Å². The molecule has 0 bridgehead atoms. The third-order valence-corrected chi connectivity index (χ3v) is 7.54. The number of hydrogen-bond donors (Lipinski definition) is 1. The minimum absolute atomic E-state index is 0.00299. The van der Waals surface area contributed by atoms with Crippen molar-refractivity contribution >= 4 is 32.3 Å². The quantitative estimate of drug-likeness (QED) is 0.606. The molecule has 1 heterocycles. The first-order chi connectivity index (χ1) is 12.5. The molecule has 1 N–H and O–H groups in total. The average Bonchev–Trinajstić information content (AvgIpc) is 2.52. The molecule has 0 radical (unpaired) electrons. The van der Waals surface area contributed by atoms with Crippen molar-refractivity contribution in [2.45, 2.75) is 65.3 Å². The van der Waals surface area contributed by atoms with E-state index in [1.54, 1.807) is 6.07 Å². The van der Waals surface area contributed by atoms with Crippen LogP contribution in [0.5, 0.6) is 0 Å². The van der Waals surface area contributed by atoms with E-state index in [1.165, 1.54) is 0 Å². The Labute approximate surface area is 168 Å². The highest BCUT2D eigenvalue weighted by atomic mass is 35.5. The van der Waals surface area contributed by atoms with Gasteiger partial charge in [-0.3, -0.25) is 9.59 Å². The molecule has 1 aliphatic heterocycles. The second kappa shape index (κ2) is 7.01. The number of β-lactam (4-membered cyclic amide) rings is 1. The number of carbonyl (C=O) groups excluding carboxylic acids is 2. The average molecular weight is 408 g/mol. The molecule has 0 saturated carbocycles. The van der Waals surface area contributed by atoms with Crippen molar-refractivity contribution in [1.82, 2.24) is 5.32 Å². The van der Waals surface area contributed by atoms with Crippen LogP contribution in [-0.2, 0) is 15.6 Å². The summed E-state index contributed by atoms with van der Waals surface area (Å²) < 4.78 is 6.47. The van der Waals surface area contributed by atoms with Crippen LogP contribution in [0, 0.1) is 17.3 Å². The number of halogens is 1. The van der Waals surface area contributed by atoms with Gasteiger partial charge >= 0.3 is 0 Å². The molecule has 4 nitrogen and oxygen atoms in total. The molecule has 1 aromatic carbocycles. The van der Waals surface area contributed by atoms with Crippen LogP contribution in [0.4, 0.5) is 0 Å². The normalized spacial score (nSPS) is 27.6. The minimum Gasteiger partial charge on any atom is -0.414 e. The fourth-order valence-corrected chi connectivity index (χ4v) is 6.17. The van der Waals surface area contributed by atoms with Crippen molar-refractivity contribution in [3.63, 3.8) is 0 Å². The molecule has 27 heavy (non-hydrogen) atoms. The highest BCUT2D eigenvalue weighted by molar-refractivity contribution is 6.48. The number of amides is 1. The molecule has 4 atom stereocenters. The predicted molar refractivity (Wildman–Crippen MR) is 111 cm³/mol. The molecule has 0 unspecified atom stereocenters. The van der Waals surface area contributed by atoms with E-state index in [9.17, 15) is 9.59 Å². The summed E-state index contributed by atoms with van der Waals surface area (Å²) >= 11 is 6.12. The molecule has 1 aliphatic carbocycles. The second-order valence-corrected chi connectivity index (χ2v) is 12.1. The zero-order valence-electron chi connectivity index (χ0n) is 17.1. The first-order valence-corrected chi connectivity index (χ1v) is 12.9. The monoisotopic (exact) mass is 407 g/mol. The molecular formula is C21H30ClNO3Si. The van der Waals surface area contributed by atoms with Gasteiger partial charge in [-0.2, -0.15) is 0 Å². The number of benzene rings is 1. The molecule has 3 rings (SSSR count). The molecule has 0 spiro atoms. The SMILES string of the molecule is C[SiH](C)O[C@](C)([C@H]1C(=O)N[C@@H]1[C@@H]1CCc2ccc(Cl)cc2C1=O)C(C)(C)C. The van der Waals surface area contributed by atoms with Crippen molar-refractivity contribution in [2.75, 3.05) is 0 Å². The highest BCUT2D eigenvalue weighted by Crippen LogP contribution is 2.47.